The van der Waals surface area contributed by atoms with Gasteiger partial charge in [-0.1, -0.05) is 0 Å². The highest BCUT2D eigenvalue weighted by molar-refractivity contribution is 5.94. The quantitative estimate of drug-likeness (QED) is 0.829. The van der Waals surface area contributed by atoms with E-state index in [2.05, 4.69) is 15.6 Å². The maximum atomic E-state index is 13.0. The Hall–Kier alpha value is -3.01. The molecular weight excluding hydrogens is 290 g/mol. The Bertz CT molecular complexity index is 710. The summed E-state index contributed by atoms with van der Waals surface area (Å²) in [6, 6.07) is 8.19. The SMILES string of the molecule is N#Cc1ccc(NCCNC(=O)c2ccc(F)c(F)c2)nc1. The van der Waals surface area contributed by atoms with Crippen LogP contribution in [0.15, 0.2) is 36.5 Å². The van der Waals surface area contributed by atoms with Gasteiger partial charge in [-0.2, -0.15) is 5.26 Å². The molecule has 0 aliphatic rings. The predicted octanol–water partition coefficient (Wildman–Crippen LogP) is 2.07. The molecule has 0 unspecified atom stereocenters. The molecule has 112 valence electrons. The summed E-state index contributed by atoms with van der Waals surface area (Å²) >= 11 is 0. The van der Waals surface area contributed by atoms with Gasteiger partial charge in [0.05, 0.1) is 5.56 Å². The van der Waals surface area contributed by atoms with Crippen LogP contribution >= 0.6 is 0 Å². The second-order valence-corrected chi connectivity index (χ2v) is 4.36. The predicted molar refractivity (Wildman–Crippen MR) is 76.1 cm³/mol. The van der Waals surface area contributed by atoms with Gasteiger partial charge in [-0.3, -0.25) is 4.79 Å². The van der Waals surface area contributed by atoms with Crippen molar-refractivity contribution in [1.29, 1.82) is 5.26 Å². The van der Waals surface area contributed by atoms with Crippen molar-refractivity contribution < 1.29 is 13.6 Å². The number of rotatable bonds is 5. The highest BCUT2D eigenvalue weighted by atomic mass is 19.2. The second-order valence-electron chi connectivity index (χ2n) is 4.36. The Labute approximate surface area is 125 Å². The van der Waals surface area contributed by atoms with Crippen LogP contribution in [0.25, 0.3) is 0 Å². The van der Waals surface area contributed by atoms with Crippen LogP contribution in [0.2, 0.25) is 0 Å². The number of nitrogens with one attached hydrogen (secondary N) is 2. The van der Waals surface area contributed by atoms with E-state index < -0.39 is 17.5 Å². The summed E-state index contributed by atoms with van der Waals surface area (Å²) in [7, 11) is 0. The molecule has 0 aliphatic carbocycles. The Kier molecular flexibility index (Phi) is 4.98. The molecule has 1 amide bonds. The minimum atomic E-state index is -1.06. The number of hydrogen-bond acceptors (Lipinski definition) is 4. The van der Waals surface area contributed by atoms with Crippen LogP contribution in [0.1, 0.15) is 15.9 Å². The molecule has 0 saturated carbocycles. The van der Waals surface area contributed by atoms with E-state index in [1.54, 1.807) is 12.1 Å². The minimum Gasteiger partial charge on any atom is -0.368 e. The molecule has 1 aromatic carbocycles. The molecule has 2 rings (SSSR count). The first-order valence-electron chi connectivity index (χ1n) is 6.43. The van der Waals surface area contributed by atoms with Crippen molar-refractivity contribution in [1.82, 2.24) is 10.3 Å². The van der Waals surface area contributed by atoms with Crippen LogP contribution in [-0.4, -0.2) is 24.0 Å². The highest BCUT2D eigenvalue weighted by Gasteiger charge is 2.08. The fraction of sp³-hybridized carbons (Fsp3) is 0.133. The van der Waals surface area contributed by atoms with Crippen LogP contribution in [0.4, 0.5) is 14.6 Å². The molecule has 7 heteroatoms. The lowest BCUT2D eigenvalue weighted by Crippen LogP contribution is -2.29. The van der Waals surface area contributed by atoms with Gasteiger partial charge in [-0.05, 0) is 30.3 Å². The third kappa shape index (κ3) is 3.99. The average molecular weight is 302 g/mol. The molecule has 0 aliphatic heterocycles. The number of nitrogens with zero attached hydrogens (tertiary/aromatic N) is 2. The summed E-state index contributed by atoms with van der Waals surface area (Å²) in [5.41, 5.74) is 0.507. The zero-order valence-corrected chi connectivity index (χ0v) is 11.4. The van der Waals surface area contributed by atoms with Crippen molar-refractivity contribution in [2.75, 3.05) is 18.4 Å². The number of nitriles is 1. The molecule has 1 heterocycles. The summed E-state index contributed by atoms with van der Waals surface area (Å²) in [4.78, 5) is 15.7. The molecule has 0 spiro atoms. The maximum Gasteiger partial charge on any atom is 0.251 e. The fourth-order valence-electron chi connectivity index (χ4n) is 1.67. The van der Waals surface area contributed by atoms with Crippen LogP contribution in [0.5, 0.6) is 0 Å². The van der Waals surface area contributed by atoms with Gasteiger partial charge in [0.15, 0.2) is 11.6 Å². The van der Waals surface area contributed by atoms with Gasteiger partial charge in [0.1, 0.15) is 11.9 Å². The summed E-state index contributed by atoms with van der Waals surface area (Å²) in [5.74, 6) is -1.98. The largest absolute Gasteiger partial charge is 0.368 e. The third-order valence-corrected chi connectivity index (χ3v) is 2.79. The lowest BCUT2D eigenvalue weighted by atomic mass is 10.2. The van der Waals surface area contributed by atoms with Crippen molar-refractivity contribution in [3.05, 3.63) is 59.3 Å². The number of carbonyl (C=O) groups excluding carboxylic acids is 1. The van der Waals surface area contributed by atoms with Crippen molar-refractivity contribution in [3.63, 3.8) is 0 Å². The zero-order chi connectivity index (χ0) is 15.9. The molecule has 0 bridgehead atoms. The molecule has 22 heavy (non-hydrogen) atoms. The summed E-state index contributed by atoms with van der Waals surface area (Å²) < 4.78 is 25.8. The van der Waals surface area contributed by atoms with E-state index in [0.717, 1.165) is 12.1 Å². The number of carbonyl (C=O) groups is 1. The van der Waals surface area contributed by atoms with Gasteiger partial charge in [-0.25, -0.2) is 13.8 Å². The number of pyridine rings is 1. The highest BCUT2D eigenvalue weighted by Crippen LogP contribution is 2.08. The zero-order valence-electron chi connectivity index (χ0n) is 11.4. The monoisotopic (exact) mass is 302 g/mol. The number of anilines is 1. The van der Waals surface area contributed by atoms with E-state index in [0.29, 0.717) is 17.9 Å². The van der Waals surface area contributed by atoms with E-state index >= 15 is 0 Å². The van der Waals surface area contributed by atoms with E-state index in [9.17, 15) is 13.6 Å². The van der Waals surface area contributed by atoms with Gasteiger partial charge in [0, 0.05) is 24.8 Å². The molecule has 0 radical (unpaired) electrons. The molecular formula is C15H12F2N4O. The molecule has 1 aromatic heterocycles. The Morgan fingerprint density at radius 1 is 1.18 bits per heavy atom. The first kappa shape index (κ1) is 15.4. The summed E-state index contributed by atoms with van der Waals surface area (Å²) in [6.45, 7) is 0.674. The Balaban J connectivity index is 1.79. The molecule has 0 fully saturated rings. The number of hydrogen-bond donors (Lipinski definition) is 2. The lowest BCUT2D eigenvalue weighted by Gasteiger charge is -2.07. The standard InChI is InChI=1S/C15H12F2N4O/c16-12-3-2-11(7-13(12)17)15(22)20-6-5-19-14-4-1-10(8-18)9-21-14/h1-4,7,9H,5-6H2,(H,19,21)(H,20,22). The minimum absolute atomic E-state index is 0.0513. The fourth-order valence-corrected chi connectivity index (χ4v) is 1.67. The lowest BCUT2D eigenvalue weighted by molar-refractivity contribution is 0.0954. The van der Waals surface area contributed by atoms with Crippen LogP contribution in [0, 0.1) is 23.0 Å². The molecule has 2 aromatic rings. The number of amides is 1. The van der Waals surface area contributed by atoms with Crippen molar-refractivity contribution in [3.8, 4) is 6.07 Å². The molecule has 0 saturated heterocycles. The molecule has 0 atom stereocenters. The van der Waals surface area contributed by atoms with E-state index in [-0.39, 0.29) is 12.1 Å². The normalized spacial score (nSPS) is 9.86. The van der Waals surface area contributed by atoms with E-state index in [1.807, 2.05) is 6.07 Å². The molecule has 5 nitrogen and oxygen atoms in total. The summed E-state index contributed by atoms with van der Waals surface area (Å²) in [5, 5.41) is 14.2. The summed E-state index contributed by atoms with van der Waals surface area (Å²) in [6.07, 6.45) is 1.43. The van der Waals surface area contributed by atoms with E-state index in [1.165, 1.54) is 12.3 Å². The van der Waals surface area contributed by atoms with Crippen molar-refractivity contribution in [2.24, 2.45) is 0 Å². The first-order valence-corrected chi connectivity index (χ1v) is 6.43. The van der Waals surface area contributed by atoms with Crippen molar-refractivity contribution >= 4 is 11.7 Å². The first-order chi connectivity index (χ1) is 10.6. The maximum absolute atomic E-state index is 13.0. The van der Waals surface area contributed by atoms with Gasteiger partial charge >= 0.3 is 0 Å². The number of benzene rings is 1. The van der Waals surface area contributed by atoms with Gasteiger partial charge in [0.2, 0.25) is 0 Å². The molecule has 2 N–H and O–H groups in total. The number of halogens is 2. The third-order valence-electron chi connectivity index (χ3n) is 2.79. The smallest absolute Gasteiger partial charge is 0.251 e. The topological polar surface area (TPSA) is 77.8 Å². The average Bonchev–Trinajstić information content (AvgIpc) is 2.54. The van der Waals surface area contributed by atoms with E-state index in [4.69, 9.17) is 5.26 Å². The van der Waals surface area contributed by atoms with Gasteiger partial charge in [0.25, 0.3) is 5.91 Å². The van der Waals surface area contributed by atoms with Crippen LogP contribution < -0.4 is 10.6 Å². The number of aromatic nitrogens is 1. The second kappa shape index (κ2) is 7.13. The van der Waals surface area contributed by atoms with Crippen molar-refractivity contribution in [2.45, 2.75) is 0 Å². The van der Waals surface area contributed by atoms with Gasteiger partial charge in [-0.15, -0.1) is 0 Å². The Morgan fingerprint density at radius 3 is 2.64 bits per heavy atom. The van der Waals surface area contributed by atoms with Gasteiger partial charge < -0.3 is 10.6 Å². The van der Waals surface area contributed by atoms with Crippen LogP contribution in [0.3, 0.4) is 0 Å². The Morgan fingerprint density at radius 2 is 2.00 bits per heavy atom. The van der Waals surface area contributed by atoms with Crippen LogP contribution in [-0.2, 0) is 0 Å².